The van der Waals surface area contributed by atoms with Crippen LogP contribution in [0.2, 0.25) is 0 Å². The number of nitrogens with zero attached hydrogens (tertiary/aromatic N) is 6. The van der Waals surface area contributed by atoms with Crippen molar-refractivity contribution < 1.29 is 0 Å². The van der Waals surface area contributed by atoms with E-state index in [0.29, 0.717) is 0 Å². The van der Waals surface area contributed by atoms with E-state index in [0.717, 1.165) is 72.8 Å². The van der Waals surface area contributed by atoms with E-state index in [4.69, 9.17) is 9.97 Å². The Labute approximate surface area is 322 Å². The molecular weight excluding hydrogens is 685 g/mol. The van der Waals surface area contributed by atoms with Gasteiger partial charge in [0.25, 0.3) is 0 Å². The van der Waals surface area contributed by atoms with Crippen LogP contribution >= 0.6 is 0 Å². The number of rotatable bonds is 6. The van der Waals surface area contributed by atoms with Gasteiger partial charge in [-0.15, -0.1) is 0 Å². The molecule has 0 N–H and O–H groups in total. The topological polar surface area (TPSA) is 61.4 Å². The molecule has 0 radical (unpaired) electrons. The van der Waals surface area contributed by atoms with Crippen LogP contribution in [0.15, 0.2) is 195 Å². The van der Waals surface area contributed by atoms with Gasteiger partial charge in [0.05, 0.1) is 39.3 Å². The van der Waals surface area contributed by atoms with Gasteiger partial charge < -0.3 is 4.57 Å². The Hall–Kier alpha value is -7.70. The molecule has 0 unspecified atom stereocenters. The number of pyridine rings is 4. The summed E-state index contributed by atoms with van der Waals surface area (Å²) in [6, 6.07) is 61.7. The summed E-state index contributed by atoms with van der Waals surface area (Å²) in [5, 5.41) is 4.74. The Morgan fingerprint density at radius 2 is 0.964 bits per heavy atom. The van der Waals surface area contributed by atoms with Gasteiger partial charge in [-0.05, 0) is 108 Å². The van der Waals surface area contributed by atoms with Crippen molar-refractivity contribution in [3.63, 3.8) is 0 Å². The maximum Gasteiger partial charge on any atom is 0.145 e. The number of aromatic nitrogens is 6. The normalized spacial score (nSPS) is 11.6. The molecule has 262 valence electrons. The highest BCUT2D eigenvalue weighted by molar-refractivity contribution is 6.15. The summed E-state index contributed by atoms with van der Waals surface area (Å²) >= 11 is 0. The molecule has 56 heavy (non-hydrogen) atoms. The van der Waals surface area contributed by atoms with E-state index in [9.17, 15) is 0 Å². The van der Waals surface area contributed by atoms with Crippen molar-refractivity contribution in [3.05, 3.63) is 195 Å². The van der Waals surface area contributed by atoms with Crippen LogP contribution in [-0.2, 0) is 0 Å². The van der Waals surface area contributed by atoms with Crippen molar-refractivity contribution in [3.8, 4) is 56.4 Å². The zero-order chi connectivity index (χ0) is 37.0. The minimum Gasteiger partial charge on any atom is -0.309 e. The summed E-state index contributed by atoms with van der Waals surface area (Å²) < 4.78 is 4.67. The lowest BCUT2D eigenvalue weighted by atomic mass is 10.00. The van der Waals surface area contributed by atoms with Crippen molar-refractivity contribution in [2.24, 2.45) is 0 Å². The molecule has 11 rings (SSSR count). The predicted molar refractivity (Wildman–Crippen MR) is 228 cm³/mol. The molecule has 0 saturated heterocycles. The minimum absolute atomic E-state index is 0.801. The molecule has 0 aliphatic rings. The number of benzene rings is 5. The highest BCUT2D eigenvalue weighted by atomic mass is 15.0. The van der Waals surface area contributed by atoms with Crippen LogP contribution in [-0.4, -0.2) is 29.1 Å². The molecule has 6 nitrogen and oxygen atoms in total. The van der Waals surface area contributed by atoms with Crippen LogP contribution in [0.25, 0.3) is 100 Å². The molecule has 6 heterocycles. The first kappa shape index (κ1) is 31.8. The molecule has 6 heteroatoms. The molecule has 6 aromatic heterocycles. The van der Waals surface area contributed by atoms with E-state index in [-0.39, 0.29) is 0 Å². The van der Waals surface area contributed by atoms with Crippen molar-refractivity contribution in [1.82, 2.24) is 29.1 Å². The van der Waals surface area contributed by atoms with Crippen LogP contribution in [0, 0.1) is 0 Å². The lowest BCUT2D eigenvalue weighted by molar-refractivity contribution is 1.14. The highest BCUT2D eigenvalue weighted by Crippen LogP contribution is 2.40. The van der Waals surface area contributed by atoms with E-state index in [1.807, 2.05) is 48.7 Å². The first-order valence-corrected chi connectivity index (χ1v) is 18.7. The smallest absolute Gasteiger partial charge is 0.145 e. The van der Waals surface area contributed by atoms with E-state index in [1.54, 1.807) is 12.4 Å². The lowest BCUT2D eigenvalue weighted by Gasteiger charge is -2.13. The van der Waals surface area contributed by atoms with Crippen molar-refractivity contribution in [1.29, 1.82) is 0 Å². The van der Waals surface area contributed by atoms with Gasteiger partial charge in [-0.2, -0.15) is 0 Å². The van der Waals surface area contributed by atoms with Crippen LogP contribution < -0.4 is 0 Å². The van der Waals surface area contributed by atoms with E-state index in [2.05, 4.69) is 153 Å². The Morgan fingerprint density at radius 3 is 1.71 bits per heavy atom. The Balaban J connectivity index is 1.05. The average Bonchev–Trinajstić information content (AvgIpc) is 3.80. The molecule has 0 spiro atoms. The van der Waals surface area contributed by atoms with Gasteiger partial charge in [-0.3, -0.25) is 14.5 Å². The number of fused-ring (bicyclic) bond motifs is 6. The third-order valence-electron chi connectivity index (χ3n) is 10.7. The van der Waals surface area contributed by atoms with Gasteiger partial charge in [-0.25, -0.2) is 9.97 Å². The maximum absolute atomic E-state index is 4.96. The molecule has 0 saturated carbocycles. The minimum atomic E-state index is 0.801. The van der Waals surface area contributed by atoms with Gasteiger partial charge in [-0.1, -0.05) is 84.9 Å². The molecule has 0 amide bonds. The number of para-hydroxylation sites is 3. The Morgan fingerprint density at radius 1 is 0.339 bits per heavy atom. The fraction of sp³-hybridized carbons (Fsp3) is 0. The highest BCUT2D eigenvalue weighted by Gasteiger charge is 2.19. The maximum atomic E-state index is 4.96. The van der Waals surface area contributed by atoms with Crippen LogP contribution in [0.4, 0.5) is 0 Å². The largest absolute Gasteiger partial charge is 0.309 e. The van der Waals surface area contributed by atoms with Crippen molar-refractivity contribution >= 4 is 43.7 Å². The Bertz CT molecular complexity index is 3160. The van der Waals surface area contributed by atoms with Crippen LogP contribution in [0.5, 0.6) is 0 Å². The van der Waals surface area contributed by atoms with Crippen LogP contribution in [0.1, 0.15) is 0 Å². The summed E-state index contributed by atoms with van der Waals surface area (Å²) in [5.41, 5.74) is 14.3. The summed E-state index contributed by atoms with van der Waals surface area (Å²) in [6.07, 6.45) is 5.47. The SMILES string of the molecule is c1ccc(-n2c3ccccc3c3cccc(-c4ccc5c(c4)c4cccnc4n5-c4ccc(-c5cc(-c6ccccn6)nc(-c6ccccn6)c5)cc4)c32)cc1. The fourth-order valence-electron chi connectivity index (χ4n) is 8.16. The predicted octanol–water partition coefficient (Wildman–Crippen LogP) is 12.1. The molecule has 0 aliphatic carbocycles. The summed E-state index contributed by atoms with van der Waals surface area (Å²) in [7, 11) is 0. The standard InChI is InChI=1S/C50H32N6/c1-2-12-36(13-3-1)55-47-20-5-4-14-39(47)40-16-10-15-38(49(40)55)34-23-26-48-42(30-34)41-17-11-29-53-50(41)56(48)37-24-21-33(22-25-37)35-31-45(43-18-6-8-27-51-43)54-46(32-35)44-19-7-9-28-52-44/h1-32H. The van der Waals surface area contributed by atoms with Crippen molar-refractivity contribution in [2.75, 3.05) is 0 Å². The first-order chi connectivity index (χ1) is 27.8. The summed E-state index contributed by atoms with van der Waals surface area (Å²) in [4.78, 5) is 19.1. The molecule has 0 bridgehead atoms. The van der Waals surface area contributed by atoms with Gasteiger partial charge in [0.1, 0.15) is 5.65 Å². The first-order valence-electron chi connectivity index (χ1n) is 18.7. The molecular formula is C50H32N6. The van der Waals surface area contributed by atoms with Crippen molar-refractivity contribution in [2.45, 2.75) is 0 Å². The number of hydrogen-bond donors (Lipinski definition) is 0. The van der Waals surface area contributed by atoms with Gasteiger partial charge in [0.15, 0.2) is 0 Å². The van der Waals surface area contributed by atoms with E-state index < -0.39 is 0 Å². The Kier molecular flexibility index (Phi) is 7.38. The third kappa shape index (κ3) is 5.19. The van der Waals surface area contributed by atoms with Gasteiger partial charge >= 0.3 is 0 Å². The molecule has 11 aromatic rings. The monoisotopic (exact) mass is 716 g/mol. The van der Waals surface area contributed by atoms with Gasteiger partial charge in [0, 0.05) is 57.1 Å². The molecule has 0 aliphatic heterocycles. The molecule has 5 aromatic carbocycles. The quantitative estimate of drug-likeness (QED) is 0.172. The van der Waals surface area contributed by atoms with E-state index in [1.165, 1.54) is 27.4 Å². The zero-order valence-electron chi connectivity index (χ0n) is 30.2. The summed E-state index contributed by atoms with van der Waals surface area (Å²) in [5.74, 6) is 0. The second-order valence-electron chi connectivity index (χ2n) is 13.9. The average molecular weight is 717 g/mol. The number of hydrogen-bond acceptors (Lipinski definition) is 4. The zero-order valence-corrected chi connectivity index (χ0v) is 30.2. The van der Waals surface area contributed by atoms with Gasteiger partial charge in [0.2, 0.25) is 0 Å². The second-order valence-corrected chi connectivity index (χ2v) is 13.9. The second kappa shape index (κ2) is 13.0. The third-order valence-corrected chi connectivity index (χ3v) is 10.7. The lowest BCUT2D eigenvalue weighted by Crippen LogP contribution is -1.96. The fourth-order valence-corrected chi connectivity index (χ4v) is 8.16. The van der Waals surface area contributed by atoms with E-state index >= 15 is 0 Å². The van der Waals surface area contributed by atoms with Crippen LogP contribution in [0.3, 0.4) is 0 Å². The molecule has 0 atom stereocenters. The molecule has 0 fully saturated rings. The summed E-state index contributed by atoms with van der Waals surface area (Å²) in [6.45, 7) is 0.